The van der Waals surface area contributed by atoms with Crippen molar-refractivity contribution in [1.29, 1.82) is 5.26 Å². The highest BCUT2D eigenvalue weighted by molar-refractivity contribution is 14.2. The van der Waals surface area contributed by atoms with E-state index in [1.54, 1.807) is 0 Å². The minimum atomic E-state index is 0.187. The van der Waals surface area contributed by atoms with Crippen LogP contribution in [-0.2, 0) is 8.98 Å². The zero-order valence-electron chi connectivity index (χ0n) is 18.8. The van der Waals surface area contributed by atoms with E-state index in [1.807, 2.05) is 0 Å². The number of nitrogens with zero attached hydrogens (tertiary/aromatic N) is 1. The van der Waals surface area contributed by atoms with Crippen LogP contribution in [0.25, 0.3) is 0 Å². The second kappa shape index (κ2) is 8.71. The Morgan fingerprint density at radius 2 is 1.93 bits per heavy atom. The van der Waals surface area contributed by atoms with Crippen molar-refractivity contribution in [3.63, 3.8) is 0 Å². The maximum Gasteiger partial charge on any atom is 0.162 e. The fourth-order valence-electron chi connectivity index (χ4n) is 8.58. The molecule has 0 amide bonds. The van der Waals surface area contributed by atoms with Gasteiger partial charge in [-0.3, -0.25) is 4.79 Å². The third-order valence-corrected chi connectivity index (χ3v) is 11.0. The zero-order chi connectivity index (χ0) is 21.7. The number of fused-ring (bicyclic) bond motifs is 5. The summed E-state index contributed by atoms with van der Waals surface area (Å²) in [5.41, 5.74) is 1.53. The molecule has 0 aromatic carbocycles. The monoisotopic (exact) mass is 541 g/mol. The van der Waals surface area contributed by atoms with Crippen molar-refractivity contribution in [2.24, 2.45) is 46.3 Å². The van der Waals surface area contributed by atoms with Gasteiger partial charge in [-0.25, -0.2) is 0 Å². The summed E-state index contributed by atoms with van der Waals surface area (Å²) in [5.74, 6) is 3.00. The topological polar surface area (TPSA) is 50.1 Å². The average molecular weight is 542 g/mol. The predicted octanol–water partition coefficient (Wildman–Crippen LogP) is 7.31. The van der Waals surface area contributed by atoms with Crippen LogP contribution < -0.4 is 0 Å². The first kappa shape index (κ1) is 23.1. The Kier molecular flexibility index (Phi) is 6.71. The summed E-state index contributed by atoms with van der Waals surface area (Å²) in [7, 11) is 1.44. The van der Waals surface area contributed by atoms with E-state index in [-0.39, 0.29) is 22.9 Å². The SMILES string of the molecule is C/C=C1/C(=O)[C@@H]2[C@H](CC[C@]3(C)[C@@H]([C@H](C)CC#N)CC[C@@H]23)[C@@]2(C)CC[C@@H](OSI)C[C@@H]12. The summed E-state index contributed by atoms with van der Waals surface area (Å²) in [6.45, 7) is 9.28. The van der Waals surface area contributed by atoms with Gasteiger partial charge in [0.25, 0.3) is 0 Å². The Labute approximate surface area is 198 Å². The fraction of sp³-hybridized carbons (Fsp3) is 0.840. The summed E-state index contributed by atoms with van der Waals surface area (Å²) >= 11 is 2.21. The van der Waals surface area contributed by atoms with Crippen LogP contribution >= 0.6 is 30.4 Å². The number of rotatable bonds is 4. The molecule has 0 aromatic rings. The molecule has 4 saturated carbocycles. The molecule has 0 aliphatic heterocycles. The normalized spacial score (nSPS) is 47.9. The number of hydrogen-bond donors (Lipinski definition) is 0. The highest BCUT2D eigenvalue weighted by Crippen LogP contribution is 2.68. The molecule has 3 nitrogen and oxygen atoms in total. The number of carbonyl (C=O) groups excluding carboxylic acids is 1. The van der Waals surface area contributed by atoms with Crippen molar-refractivity contribution in [3.8, 4) is 6.07 Å². The Morgan fingerprint density at radius 3 is 2.60 bits per heavy atom. The van der Waals surface area contributed by atoms with E-state index < -0.39 is 0 Å². The van der Waals surface area contributed by atoms with Gasteiger partial charge in [0.05, 0.1) is 21.4 Å². The van der Waals surface area contributed by atoms with Gasteiger partial charge in [-0.1, -0.05) is 26.8 Å². The van der Waals surface area contributed by atoms with Crippen LogP contribution in [0.3, 0.4) is 0 Å². The van der Waals surface area contributed by atoms with Crippen LogP contribution in [-0.4, -0.2) is 11.9 Å². The van der Waals surface area contributed by atoms with E-state index in [9.17, 15) is 10.1 Å². The minimum Gasteiger partial charge on any atom is -0.302 e. The molecule has 4 aliphatic carbocycles. The number of Topliss-reactive ketones (excluding diaryl/α,β-unsaturated/α-hetero) is 1. The molecule has 0 radical (unpaired) electrons. The molecule has 0 heterocycles. The third-order valence-electron chi connectivity index (χ3n) is 10.0. The quantitative estimate of drug-likeness (QED) is 0.213. The smallest absolute Gasteiger partial charge is 0.162 e. The molecule has 0 aromatic heterocycles. The van der Waals surface area contributed by atoms with E-state index in [4.69, 9.17) is 4.18 Å². The van der Waals surface area contributed by atoms with Gasteiger partial charge in [0.2, 0.25) is 0 Å². The molecule has 4 aliphatic rings. The van der Waals surface area contributed by atoms with Crippen LogP contribution in [0.4, 0.5) is 0 Å². The molecule has 4 fully saturated rings. The summed E-state index contributed by atoms with van der Waals surface area (Å²) in [5, 5.41) is 9.27. The largest absolute Gasteiger partial charge is 0.302 e. The van der Waals surface area contributed by atoms with Crippen LogP contribution in [0, 0.1) is 57.7 Å². The summed E-state index contributed by atoms with van der Waals surface area (Å²) in [6, 6.07) is 2.41. The maximum absolute atomic E-state index is 14.0. The highest BCUT2D eigenvalue weighted by Gasteiger charge is 2.64. The number of halogens is 1. The van der Waals surface area contributed by atoms with E-state index in [2.05, 4.69) is 61.0 Å². The van der Waals surface area contributed by atoms with Gasteiger partial charge in [-0.05, 0) is 97.9 Å². The molecular weight excluding hydrogens is 505 g/mol. The number of hydrogen-bond acceptors (Lipinski definition) is 4. The van der Waals surface area contributed by atoms with E-state index in [1.165, 1.54) is 41.3 Å². The van der Waals surface area contributed by atoms with Crippen LogP contribution in [0.1, 0.15) is 79.1 Å². The van der Waals surface area contributed by atoms with Gasteiger partial charge in [0.15, 0.2) is 5.78 Å². The van der Waals surface area contributed by atoms with Crippen molar-refractivity contribution in [1.82, 2.24) is 0 Å². The fourth-order valence-corrected chi connectivity index (χ4v) is 9.73. The Balaban J connectivity index is 1.67. The van der Waals surface area contributed by atoms with Crippen LogP contribution in [0.15, 0.2) is 11.6 Å². The van der Waals surface area contributed by atoms with Gasteiger partial charge in [-0.2, -0.15) is 5.26 Å². The van der Waals surface area contributed by atoms with E-state index in [0.717, 1.165) is 18.4 Å². The molecule has 166 valence electrons. The molecule has 9 atom stereocenters. The third kappa shape index (κ3) is 3.43. The summed E-state index contributed by atoms with van der Waals surface area (Å²) in [4.78, 5) is 14.0. The standard InChI is InChI=1S/C25H36INO2S/c1-5-17-21-14-16(29-30-26)8-11-25(21,4)20-9-12-24(3)18(15(2)10-13-27)6-7-19(24)22(20)23(17)28/h5,15-16,18-22H,6-12,14H2,1-4H3/b17-5+/t15-,16-,18-,19+,20+,21+,22+,24-,25-/m1/s1. The number of carbonyl (C=O) groups is 1. The van der Waals surface area contributed by atoms with Crippen LogP contribution in [0.5, 0.6) is 0 Å². The van der Waals surface area contributed by atoms with Gasteiger partial charge in [-0.15, -0.1) is 0 Å². The van der Waals surface area contributed by atoms with Crippen LogP contribution in [0.2, 0.25) is 0 Å². The molecule has 30 heavy (non-hydrogen) atoms. The van der Waals surface area contributed by atoms with Crippen molar-refractivity contribution >= 4 is 36.2 Å². The summed E-state index contributed by atoms with van der Waals surface area (Å²) in [6.07, 6.45) is 11.1. The Morgan fingerprint density at radius 1 is 1.23 bits per heavy atom. The molecule has 4 rings (SSSR count). The Bertz CT molecular complexity index is 763. The van der Waals surface area contributed by atoms with Gasteiger partial charge < -0.3 is 4.18 Å². The maximum atomic E-state index is 14.0. The van der Waals surface area contributed by atoms with Gasteiger partial charge in [0.1, 0.15) is 0 Å². The first-order valence-corrected chi connectivity index (χ1v) is 15.1. The molecule has 0 unspecified atom stereocenters. The average Bonchev–Trinajstić information content (AvgIpc) is 3.07. The minimum absolute atomic E-state index is 0.187. The van der Waals surface area contributed by atoms with Gasteiger partial charge in [0, 0.05) is 33.5 Å². The molecule has 0 bridgehead atoms. The highest BCUT2D eigenvalue weighted by atomic mass is 127. The lowest BCUT2D eigenvalue weighted by molar-refractivity contribution is -0.149. The number of allylic oxidation sites excluding steroid dienone is 2. The lowest BCUT2D eigenvalue weighted by Gasteiger charge is -2.61. The van der Waals surface area contributed by atoms with E-state index >= 15 is 0 Å². The second-order valence-electron chi connectivity index (χ2n) is 11.0. The first-order chi connectivity index (χ1) is 14.3. The van der Waals surface area contributed by atoms with Crippen molar-refractivity contribution in [2.45, 2.75) is 85.2 Å². The molecular formula is C25H36INO2S. The first-order valence-electron chi connectivity index (χ1n) is 11.8. The predicted molar refractivity (Wildman–Crippen MR) is 131 cm³/mol. The van der Waals surface area contributed by atoms with E-state index in [0.29, 0.717) is 41.8 Å². The lowest BCUT2D eigenvalue weighted by atomic mass is 9.43. The van der Waals surface area contributed by atoms with Gasteiger partial charge >= 0.3 is 0 Å². The Hall–Kier alpha value is -0.0600. The molecule has 0 saturated heterocycles. The van der Waals surface area contributed by atoms with Crippen molar-refractivity contribution in [3.05, 3.63) is 11.6 Å². The number of nitriles is 1. The lowest BCUT2D eigenvalue weighted by Crippen LogP contribution is -2.58. The molecule has 0 spiro atoms. The zero-order valence-corrected chi connectivity index (χ0v) is 21.8. The number of ketones is 1. The van der Waals surface area contributed by atoms with Crippen molar-refractivity contribution < 1.29 is 8.98 Å². The van der Waals surface area contributed by atoms with Crippen molar-refractivity contribution in [2.75, 3.05) is 0 Å². The molecule has 0 N–H and O–H groups in total. The summed E-state index contributed by atoms with van der Waals surface area (Å²) < 4.78 is 5.93. The second-order valence-corrected chi connectivity index (χ2v) is 12.4. The molecule has 5 heteroatoms.